The summed E-state index contributed by atoms with van der Waals surface area (Å²) in [5.74, 6) is 0. The number of rotatable bonds is 2. The fourth-order valence-electron chi connectivity index (χ4n) is 7.98. The van der Waals surface area contributed by atoms with Gasteiger partial charge in [-0.25, -0.2) is 0 Å². The maximum atomic E-state index is 2.77. The molecule has 3 aliphatic carbocycles. The van der Waals surface area contributed by atoms with Crippen LogP contribution in [0.15, 0.2) is 40.5 Å². The summed E-state index contributed by atoms with van der Waals surface area (Å²) >= 11 is -3.17. The Kier molecular flexibility index (Phi) is 5.06. The fourth-order valence-corrected chi connectivity index (χ4v) is 30.6. The van der Waals surface area contributed by atoms with Crippen LogP contribution in [-0.4, -0.2) is 0 Å². The first-order valence-electron chi connectivity index (χ1n) is 12.2. The van der Waals surface area contributed by atoms with Crippen molar-refractivity contribution in [3.8, 4) is 0 Å². The molecule has 0 nitrogen and oxygen atoms in total. The van der Waals surface area contributed by atoms with E-state index in [0.29, 0.717) is 5.41 Å². The zero-order valence-electron chi connectivity index (χ0n) is 22.2. The Labute approximate surface area is 196 Å². The van der Waals surface area contributed by atoms with Crippen LogP contribution in [0.4, 0.5) is 0 Å². The fraction of sp³-hybridized carbons (Fsp3) is 0.600. The van der Waals surface area contributed by atoms with Crippen molar-refractivity contribution in [3.63, 3.8) is 0 Å². The van der Waals surface area contributed by atoms with E-state index in [1.807, 2.05) is 0 Å². The van der Waals surface area contributed by atoms with Crippen molar-refractivity contribution in [2.45, 2.75) is 97.8 Å². The molecule has 1 unspecified atom stereocenters. The second-order valence-electron chi connectivity index (χ2n) is 13.4. The SMILES string of the molecule is CC1=C(C)[C](C)([Hf]([CH3])([CH3])[C]2(C(C)(C)C)C=Cc3cc4c(cc32)CC(C)(C)C4)C(C)=C1C. The van der Waals surface area contributed by atoms with Crippen LogP contribution in [0.25, 0.3) is 6.08 Å². The second-order valence-corrected chi connectivity index (χ2v) is 31.5. The molecule has 4 rings (SSSR count). The number of fused-ring (bicyclic) bond motifs is 2. The second kappa shape index (κ2) is 6.68. The number of benzene rings is 1. The van der Waals surface area contributed by atoms with E-state index >= 15 is 0 Å². The predicted molar refractivity (Wildman–Crippen MR) is 135 cm³/mol. The van der Waals surface area contributed by atoms with Gasteiger partial charge >= 0.3 is 197 Å². The van der Waals surface area contributed by atoms with Gasteiger partial charge in [-0.2, -0.15) is 0 Å². The maximum absolute atomic E-state index is 3.17. The molecule has 0 aliphatic heterocycles. The third-order valence-corrected chi connectivity index (χ3v) is 33.3. The van der Waals surface area contributed by atoms with Gasteiger partial charge in [-0.05, 0) is 0 Å². The Morgan fingerprint density at radius 3 is 1.77 bits per heavy atom. The minimum absolute atomic E-state index is 0.180. The normalized spacial score (nSPS) is 26.7. The Hall–Kier alpha value is -0.690. The molecule has 0 spiro atoms. The summed E-state index contributed by atoms with van der Waals surface area (Å²) in [6, 6.07) is 5.23. The van der Waals surface area contributed by atoms with E-state index in [4.69, 9.17) is 0 Å². The number of hydrogen-bond donors (Lipinski definition) is 0. The molecular weight excluding hydrogens is 539 g/mol. The molecule has 31 heavy (non-hydrogen) atoms. The first-order chi connectivity index (χ1) is 14.0. The molecule has 1 aromatic rings. The third kappa shape index (κ3) is 2.80. The molecule has 0 saturated heterocycles. The molecule has 0 fully saturated rings. The molecule has 0 radical (unpaired) electrons. The Morgan fingerprint density at radius 2 is 1.29 bits per heavy atom. The monoisotopic (exact) mass is 584 g/mol. The average Bonchev–Trinajstić information content (AvgIpc) is 3.21. The van der Waals surface area contributed by atoms with Gasteiger partial charge in [-0.15, -0.1) is 0 Å². The summed E-state index contributed by atoms with van der Waals surface area (Å²) in [5.41, 5.74) is 13.4. The molecule has 0 bridgehead atoms. The van der Waals surface area contributed by atoms with E-state index in [1.54, 1.807) is 39.0 Å². The van der Waals surface area contributed by atoms with Crippen LogP contribution in [0.2, 0.25) is 12.5 Å². The van der Waals surface area contributed by atoms with Crippen LogP contribution in [0, 0.1) is 10.8 Å². The van der Waals surface area contributed by atoms with Crippen molar-refractivity contribution in [1.29, 1.82) is 0 Å². The van der Waals surface area contributed by atoms with Crippen molar-refractivity contribution in [3.05, 3.63) is 62.8 Å². The predicted octanol–water partition coefficient (Wildman–Crippen LogP) is 9.19. The first-order valence-corrected chi connectivity index (χ1v) is 23.0. The van der Waals surface area contributed by atoms with Gasteiger partial charge in [0.25, 0.3) is 0 Å². The molecule has 0 N–H and O–H groups in total. The molecule has 0 saturated carbocycles. The van der Waals surface area contributed by atoms with Crippen molar-refractivity contribution in [2.75, 3.05) is 0 Å². The van der Waals surface area contributed by atoms with E-state index in [-0.39, 0.29) is 11.8 Å². The summed E-state index contributed by atoms with van der Waals surface area (Å²) in [6.45, 7) is 24.6. The molecule has 0 aromatic heterocycles. The van der Waals surface area contributed by atoms with Gasteiger partial charge in [0, 0.05) is 0 Å². The zero-order chi connectivity index (χ0) is 23.4. The van der Waals surface area contributed by atoms with E-state index < -0.39 is 20.0 Å². The van der Waals surface area contributed by atoms with E-state index in [0.717, 1.165) is 0 Å². The molecule has 3 aliphatic rings. The molecule has 168 valence electrons. The Bertz CT molecular complexity index is 1040. The molecule has 0 heterocycles. The zero-order valence-corrected chi connectivity index (χ0v) is 25.8. The van der Waals surface area contributed by atoms with Gasteiger partial charge in [0.2, 0.25) is 0 Å². The van der Waals surface area contributed by atoms with Crippen LogP contribution in [0.3, 0.4) is 0 Å². The number of hydrogen-bond acceptors (Lipinski definition) is 0. The Morgan fingerprint density at radius 1 is 0.806 bits per heavy atom. The summed E-state index contributed by atoms with van der Waals surface area (Å²) in [7, 11) is 0. The van der Waals surface area contributed by atoms with E-state index in [1.165, 1.54) is 18.4 Å². The van der Waals surface area contributed by atoms with Crippen molar-refractivity contribution in [2.24, 2.45) is 10.8 Å². The van der Waals surface area contributed by atoms with Gasteiger partial charge < -0.3 is 0 Å². The van der Waals surface area contributed by atoms with Crippen LogP contribution < -0.4 is 0 Å². The topological polar surface area (TPSA) is 0 Å². The van der Waals surface area contributed by atoms with Gasteiger partial charge in [0.1, 0.15) is 0 Å². The van der Waals surface area contributed by atoms with Crippen LogP contribution in [0.5, 0.6) is 0 Å². The van der Waals surface area contributed by atoms with Crippen LogP contribution in [0.1, 0.15) is 91.5 Å². The standard InChI is InChI=1S/C18H23.C10H15.2CH3.Hf/c1-17(2,3)16-7-6-12-8-13-10-18(4,5)11-14(13)9-15(12)16;1-6-7(2)9(4)10(5)8(6)3;;;/h6-9H,10-11H2,1-5H3;1-5H3;2*1H3;. The summed E-state index contributed by atoms with van der Waals surface area (Å²) in [5, 5.41) is 0. The minimum atomic E-state index is -3.17. The van der Waals surface area contributed by atoms with Crippen LogP contribution in [-0.2, 0) is 36.0 Å². The van der Waals surface area contributed by atoms with E-state index in [9.17, 15) is 0 Å². The first kappa shape index (κ1) is 23.5. The summed E-state index contributed by atoms with van der Waals surface area (Å²) in [4.78, 5) is 0. The summed E-state index contributed by atoms with van der Waals surface area (Å²) in [6.07, 6.45) is 7.64. The number of allylic oxidation sites excluding steroid dienone is 5. The molecule has 1 heteroatoms. The van der Waals surface area contributed by atoms with Gasteiger partial charge in [0.05, 0.1) is 0 Å². The van der Waals surface area contributed by atoms with Gasteiger partial charge in [0.15, 0.2) is 0 Å². The average molecular weight is 583 g/mol. The van der Waals surface area contributed by atoms with E-state index in [2.05, 4.69) is 103 Å². The van der Waals surface area contributed by atoms with Crippen molar-refractivity contribution >= 4 is 6.08 Å². The quantitative estimate of drug-likeness (QED) is 0.305. The molecular formula is C30H44Hf. The Balaban J connectivity index is 2.01. The van der Waals surface area contributed by atoms with Crippen molar-refractivity contribution < 1.29 is 20.0 Å². The van der Waals surface area contributed by atoms with Crippen molar-refractivity contribution in [1.82, 2.24) is 0 Å². The molecule has 0 amide bonds. The molecule has 1 atom stereocenters. The summed E-state index contributed by atoms with van der Waals surface area (Å²) < 4.78 is 5.97. The molecule has 1 aromatic carbocycles. The van der Waals surface area contributed by atoms with Crippen LogP contribution >= 0.6 is 0 Å². The third-order valence-electron chi connectivity index (χ3n) is 10.3. The van der Waals surface area contributed by atoms with Gasteiger partial charge in [-0.1, -0.05) is 0 Å². The van der Waals surface area contributed by atoms with Gasteiger partial charge in [-0.3, -0.25) is 0 Å².